The fourth-order valence-corrected chi connectivity index (χ4v) is 2.50. The van der Waals surface area contributed by atoms with Gasteiger partial charge in [0.2, 0.25) is 8.03 Å². The quantitative estimate of drug-likeness (QED) is 0.625. The van der Waals surface area contributed by atoms with Crippen LogP contribution in [0.2, 0.25) is 0 Å². The van der Waals surface area contributed by atoms with Crippen LogP contribution in [0.1, 0.15) is 50.3 Å². The minimum absolute atomic E-state index is 0.437. The molecule has 3 nitrogen and oxygen atoms in total. The van der Waals surface area contributed by atoms with E-state index in [9.17, 15) is 0 Å². The fraction of sp³-hybridized carbons (Fsp3) is 0.800. The molecule has 1 aromatic rings. The molecule has 1 heterocycles. The first-order chi connectivity index (χ1) is 7.47. The highest BCUT2D eigenvalue weighted by Gasteiger charge is 2.31. The lowest BCUT2D eigenvalue weighted by Crippen LogP contribution is -2.11. The summed E-state index contributed by atoms with van der Waals surface area (Å²) in [5.74, 6) is 2.55. The zero-order chi connectivity index (χ0) is 11.8. The van der Waals surface area contributed by atoms with E-state index < -0.39 is 2.14 Å². The first kappa shape index (κ1) is 13.0. The minimum Gasteiger partial charge on any atom is -0.422 e. The van der Waals surface area contributed by atoms with E-state index in [1.807, 2.05) is 0 Å². The summed E-state index contributed by atoms with van der Waals surface area (Å²) in [5.41, 5.74) is 0. The van der Waals surface area contributed by atoms with Gasteiger partial charge in [-0.2, -0.15) is 0 Å². The highest BCUT2D eigenvalue weighted by molar-refractivity contribution is 9.38. The molecule has 0 spiro atoms. The van der Waals surface area contributed by atoms with Crippen molar-refractivity contribution in [2.45, 2.75) is 40.7 Å². The van der Waals surface area contributed by atoms with Gasteiger partial charge < -0.3 is 4.42 Å². The minimum atomic E-state index is -0.597. The van der Waals surface area contributed by atoms with Crippen molar-refractivity contribution in [1.82, 2.24) is 10.2 Å². The third kappa shape index (κ3) is 3.07. The maximum Gasteiger partial charge on any atom is 0.254 e. The van der Waals surface area contributed by atoms with Gasteiger partial charge in [-0.15, -0.1) is 10.2 Å². The summed E-state index contributed by atoms with van der Waals surface area (Å²) in [7, 11) is 0. The molecular formula is C10H13Br3N2O. The average Bonchev–Trinajstić information content (AvgIpc) is 2.67. The van der Waals surface area contributed by atoms with E-state index in [1.165, 1.54) is 12.8 Å². The van der Waals surface area contributed by atoms with Crippen LogP contribution >= 0.6 is 47.8 Å². The van der Waals surface area contributed by atoms with Crippen molar-refractivity contribution in [2.75, 3.05) is 0 Å². The van der Waals surface area contributed by atoms with Gasteiger partial charge in [0.15, 0.2) is 0 Å². The average molecular weight is 417 g/mol. The van der Waals surface area contributed by atoms with Crippen molar-refractivity contribution in [3.8, 4) is 0 Å². The molecule has 1 aliphatic rings. The number of hydrogen-bond acceptors (Lipinski definition) is 3. The van der Waals surface area contributed by atoms with Gasteiger partial charge in [-0.3, -0.25) is 0 Å². The molecule has 6 heteroatoms. The molecule has 0 amide bonds. The monoisotopic (exact) mass is 414 g/mol. The van der Waals surface area contributed by atoms with E-state index in [1.54, 1.807) is 0 Å². The summed E-state index contributed by atoms with van der Waals surface area (Å²) in [6.45, 7) is 2.30. The van der Waals surface area contributed by atoms with Crippen molar-refractivity contribution in [3.05, 3.63) is 11.8 Å². The van der Waals surface area contributed by atoms with E-state index in [2.05, 4.69) is 64.9 Å². The van der Waals surface area contributed by atoms with E-state index in [0.717, 1.165) is 24.7 Å². The summed E-state index contributed by atoms with van der Waals surface area (Å²) in [6.07, 6.45) is 4.82. The number of aromatic nitrogens is 2. The Morgan fingerprint density at radius 2 is 1.75 bits per heavy atom. The van der Waals surface area contributed by atoms with Crippen molar-refractivity contribution in [2.24, 2.45) is 5.92 Å². The second kappa shape index (κ2) is 5.06. The predicted octanol–water partition coefficient (Wildman–Crippen LogP) is 4.66. The Kier molecular flexibility index (Phi) is 4.12. The Morgan fingerprint density at radius 3 is 2.25 bits per heavy atom. The molecule has 0 bridgehead atoms. The highest BCUT2D eigenvalue weighted by atomic mass is 80.0. The number of alkyl halides is 3. The number of halogens is 3. The van der Waals surface area contributed by atoms with Gasteiger partial charge in [0.05, 0.1) is 0 Å². The second-order valence-corrected chi connectivity index (χ2v) is 11.2. The normalized spacial score (nSPS) is 27.0. The fourth-order valence-electron chi connectivity index (χ4n) is 2.02. The number of hydrogen-bond donors (Lipinski definition) is 0. The summed E-state index contributed by atoms with van der Waals surface area (Å²) in [4.78, 5) is 0. The molecule has 1 fully saturated rings. The Bertz CT molecular complexity index is 353. The van der Waals surface area contributed by atoms with Gasteiger partial charge in [0.25, 0.3) is 5.89 Å². The van der Waals surface area contributed by atoms with Crippen LogP contribution in [0, 0.1) is 5.92 Å². The summed E-state index contributed by atoms with van der Waals surface area (Å²) in [6, 6.07) is 0. The van der Waals surface area contributed by atoms with Gasteiger partial charge in [-0.1, -0.05) is 6.92 Å². The summed E-state index contributed by atoms with van der Waals surface area (Å²) < 4.78 is 5.06. The Balaban J connectivity index is 2.08. The van der Waals surface area contributed by atoms with Crippen LogP contribution in [-0.2, 0) is 2.14 Å². The Morgan fingerprint density at radius 1 is 1.12 bits per heavy atom. The first-order valence-electron chi connectivity index (χ1n) is 5.37. The van der Waals surface area contributed by atoms with E-state index >= 15 is 0 Å². The van der Waals surface area contributed by atoms with E-state index in [4.69, 9.17) is 4.42 Å². The van der Waals surface area contributed by atoms with E-state index in [0.29, 0.717) is 11.8 Å². The van der Waals surface area contributed by atoms with Crippen molar-refractivity contribution >= 4 is 47.8 Å². The smallest absolute Gasteiger partial charge is 0.254 e. The Labute approximate surface area is 120 Å². The van der Waals surface area contributed by atoms with Crippen LogP contribution < -0.4 is 0 Å². The Hall–Kier alpha value is 0.580. The largest absolute Gasteiger partial charge is 0.422 e. The van der Waals surface area contributed by atoms with Gasteiger partial charge in [-0.25, -0.2) is 0 Å². The molecule has 1 aliphatic carbocycles. The highest BCUT2D eigenvalue weighted by Crippen LogP contribution is 2.44. The maximum absolute atomic E-state index is 5.66. The molecule has 0 radical (unpaired) electrons. The van der Waals surface area contributed by atoms with Crippen molar-refractivity contribution in [1.29, 1.82) is 0 Å². The molecule has 0 N–H and O–H groups in total. The molecule has 2 rings (SSSR count). The molecule has 90 valence electrons. The molecule has 0 atom stereocenters. The SMILES string of the molecule is CC1CCC(c2nnc(C(Br)(Br)Br)o2)CC1. The van der Waals surface area contributed by atoms with Crippen LogP contribution in [0.25, 0.3) is 0 Å². The molecule has 0 unspecified atom stereocenters. The van der Waals surface area contributed by atoms with Crippen LogP contribution in [0.3, 0.4) is 0 Å². The van der Waals surface area contributed by atoms with Crippen molar-refractivity contribution in [3.63, 3.8) is 0 Å². The van der Waals surface area contributed by atoms with Crippen molar-refractivity contribution < 1.29 is 4.42 Å². The third-order valence-electron chi connectivity index (χ3n) is 3.05. The topological polar surface area (TPSA) is 38.9 Å². The van der Waals surface area contributed by atoms with Crippen LogP contribution in [0.4, 0.5) is 0 Å². The number of rotatable bonds is 1. The lowest BCUT2D eigenvalue weighted by molar-refractivity contribution is 0.303. The molecule has 1 aromatic heterocycles. The molecule has 1 saturated carbocycles. The lowest BCUT2D eigenvalue weighted by Gasteiger charge is -2.23. The first-order valence-corrected chi connectivity index (χ1v) is 7.75. The number of nitrogens with zero attached hydrogens (tertiary/aromatic N) is 2. The van der Waals surface area contributed by atoms with Gasteiger partial charge in [0, 0.05) is 5.92 Å². The summed E-state index contributed by atoms with van der Waals surface area (Å²) >= 11 is 10.1. The van der Waals surface area contributed by atoms with Crippen LogP contribution in [-0.4, -0.2) is 10.2 Å². The van der Waals surface area contributed by atoms with Crippen LogP contribution in [0.5, 0.6) is 0 Å². The molecule has 0 saturated heterocycles. The molecule has 0 aliphatic heterocycles. The zero-order valence-electron chi connectivity index (χ0n) is 8.92. The van der Waals surface area contributed by atoms with Gasteiger partial charge >= 0.3 is 0 Å². The van der Waals surface area contributed by atoms with Crippen LogP contribution in [0.15, 0.2) is 4.42 Å². The lowest BCUT2D eigenvalue weighted by atomic mass is 9.83. The maximum atomic E-state index is 5.66. The second-order valence-electron chi connectivity index (χ2n) is 4.40. The molecular weight excluding hydrogens is 404 g/mol. The summed E-state index contributed by atoms with van der Waals surface area (Å²) in [5, 5.41) is 8.15. The van der Waals surface area contributed by atoms with Gasteiger partial charge in [0.1, 0.15) is 0 Å². The zero-order valence-corrected chi connectivity index (χ0v) is 13.7. The predicted molar refractivity (Wildman–Crippen MR) is 73.1 cm³/mol. The van der Waals surface area contributed by atoms with E-state index in [-0.39, 0.29) is 0 Å². The van der Waals surface area contributed by atoms with Gasteiger partial charge in [-0.05, 0) is 79.4 Å². The molecule has 16 heavy (non-hydrogen) atoms. The molecule has 0 aromatic carbocycles. The standard InChI is InChI=1S/C10H13Br3N2O/c1-6-2-4-7(5-3-6)8-14-15-9(16-8)10(11,12)13/h6-7H,2-5H2,1H3. The third-order valence-corrected chi connectivity index (χ3v) is 4.07.